The van der Waals surface area contributed by atoms with Gasteiger partial charge in [0.05, 0.1) is 24.1 Å². The first-order valence-electron chi connectivity index (χ1n) is 8.92. The van der Waals surface area contributed by atoms with Crippen molar-refractivity contribution in [2.24, 2.45) is 0 Å². The molecule has 0 aromatic carbocycles. The van der Waals surface area contributed by atoms with Crippen molar-refractivity contribution in [3.8, 4) is 0 Å². The van der Waals surface area contributed by atoms with Crippen LogP contribution in [-0.2, 0) is 33.9 Å². The fraction of sp³-hybridized carbons (Fsp3) is 0.444. The standard InChI is InChI=1S/C18H19N3O4S3/c1-25-17(24)14-9-4-2-3-5-12(9)28-16(14)20-13(22)8-27-18-19-11-7-26-6-10(11)15(23)21-18/h2-8H2,1H3,(H,20,22)(H,19,21,23). The van der Waals surface area contributed by atoms with Gasteiger partial charge >= 0.3 is 5.97 Å². The predicted molar refractivity (Wildman–Crippen MR) is 112 cm³/mol. The number of amides is 1. The Balaban J connectivity index is 1.47. The molecular formula is C18H19N3O4S3. The third-order valence-electron chi connectivity index (χ3n) is 4.72. The fourth-order valence-electron chi connectivity index (χ4n) is 3.38. The first-order valence-corrected chi connectivity index (χ1v) is 11.9. The molecule has 0 unspecified atom stereocenters. The maximum atomic E-state index is 12.5. The summed E-state index contributed by atoms with van der Waals surface area (Å²) >= 11 is 4.30. The van der Waals surface area contributed by atoms with Gasteiger partial charge in [-0.05, 0) is 31.2 Å². The molecule has 148 valence electrons. The first kappa shape index (κ1) is 19.5. The Morgan fingerprint density at radius 3 is 2.89 bits per heavy atom. The molecule has 0 saturated heterocycles. The number of aromatic nitrogens is 2. The minimum absolute atomic E-state index is 0.0953. The zero-order valence-corrected chi connectivity index (χ0v) is 17.7. The number of thiophene rings is 1. The number of thioether (sulfide) groups is 2. The number of fused-ring (bicyclic) bond motifs is 2. The molecular weight excluding hydrogens is 418 g/mol. The highest BCUT2D eigenvalue weighted by Crippen LogP contribution is 2.38. The quantitative estimate of drug-likeness (QED) is 0.421. The van der Waals surface area contributed by atoms with Crippen LogP contribution in [0.4, 0.5) is 5.00 Å². The monoisotopic (exact) mass is 437 g/mol. The lowest BCUT2D eigenvalue weighted by atomic mass is 9.95. The average molecular weight is 438 g/mol. The number of hydrogen-bond acceptors (Lipinski definition) is 8. The third-order valence-corrected chi connectivity index (χ3v) is 7.77. The van der Waals surface area contributed by atoms with Crippen molar-refractivity contribution in [2.75, 3.05) is 18.2 Å². The van der Waals surface area contributed by atoms with E-state index in [1.165, 1.54) is 30.2 Å². The Morgan fingerprint density at radius 1 is 1.25 bits per heavy atom. The summed E-state index contributed by atoms with van der Waals surface area (Å²) in [5, 5.41) is 3.85. The molecule has 7 nitrogen and oxygen atoms in total. The number of esters is 1. The number of methoxy groups -OCH3 is 1. The molecule has 0 saturated carbocycles. The maximum Gasteiger partial charge on any atom is 0.341 e. The molecule has 10 heteroatoms. The van der Waals surface area contributed by atoms with E-state index in [0.717, 1.165) is 53.1 Å². The van der Waals surface area contributed by atoms with Gasteiger partial charge in [0, 0.05) is 21.9 Å². The molecule has 0 radical (unpaired) electrons. The van der Waals surface area contributed by atoms with Crippen molar-refractivity contribution >= 4 is 51.7 Å². The lowest BCUT2D eigenvalue weighted by Crippen LogP contribution is -2.18. The number of aryl methyl sites for hydroxylation is 1. The van der Waals surface area contributed by atoms with E-state index in [9.17, 15) is 14.4 Å². The summed E-state index contributed by atoms with van der Waals surface area (Å²) in [6.07, 6.45) is 3.88. The molecule has 4 rings (SSSR count). The molecule has 2 aliphatic rings. The minimum Gasteiger partial charge on any atom is -0.465 e. The normalized spacial score (nSPS) is 15.0. The van der Waals surface area contributed by atoms with Crippen LogP contribution in [0.3, 0.4) is 0 Å². The SMILES string of the molecule is COC(=O)c1c(NC(=O)CSc2nc3c(c(=O)[nH]2)CSC3)sc2c1CCCC2. The molecule has 2 N–H and O–H groups in total. The topological polar surface area (TPSA) is 101 Å². The number of hydrogen-bond donors (Lipinski definition) is 2. The number of nitrogens with zero attached hydrogens (tertiary/aromatic N) is 1. The van der Waals surface area contributed by atoms with Crippen molar-refractivity contribution < 1.29 is 14.3 Å². The van der Waals surface area contributed by atoms with Gasteiger partial charge in [-0.25, -0.2) is 9.78 Å². The Labute approximate surface area is 174 Å². The highest BCUT2D eigenvalue weighted by molar-refractivity contribution is 7.99. The minimum atomic E-state index is -0.413. The number of carbonyl (C=O) groups is 2. The molecule has 0 spiro atoms. The van der Waals surface area contributed by atoms with Crippen molar-refractivity contribution in [3.05, 3.63) is 37.6 Å². The summed E-state index contributed by atoms with van der Waals surface area (Å²) in [7, 11) is 1.35. The lowest BCUT2D eigenvalue weighted by Gasteiger charge is -2.11. The Hall–Kier alpha value is -1.78. The highest BCUT2D eigenvalue weighted by atomic mass is 32.2. The van der Waals surface area contributed by atoms with Gasteiger partial charge in [-0.3, -0.25) is 9.59 Å². The van der Waals surface area contributed by atoms with Crippen molar-refractivity contribution in [1.29, 1.82) is 0 Å². The molecule has 1 aliphatic heterocycles. The Morgan fingerprint density at radius 2 is 2.07 bits per heavy atom. The molecule has 3 heterocycles. The van der Waals surface area contributed by atoms with Crippen LogP contribution in [0.5, 0.6) is 0 Å². The average Bonchev–Trinajstić information content (AvgIpc) is 3.30. The summed E-state index contributed by atoms with van der Waals surface area (Å²) in [6, 6.07) is 0. The summed E-state index contributed by atoms with van der Waals surface area (Å²) < 4.78 is 4.93. The second kappa shape index (κ2) is 8.30. The van der Waals surface area contributed by atoms with E-state index in [1.54, 1.807) is 11.8 Å². The van der Waals surface area contributed by atoms with E-state index in [1.807, 2.05) is 0 Å². The molecule has 0 fully saturated rings. The molecule has 1 amide bonds. The van der Waals surface area contributed by atoms with Crippen LogP contribution in [0.1, 0.15) is 44.9 Å². The molecule has 2 aromatic heterocycles. The number of H-pyrrole nitrogens is 1. The Kier molecular flexibility index (Phi) is 5.79. The number of nitrogens with one attached hydrogen (secondary N) is 2. The van der Waals surface area contributed by atoms with E-state index in [0.29, 0.717) is 21.5 Å². The zero-order chi connectivity index (χ0) is 19.7. The van der Waals surface area contributed by atoms with E-state index in [4.69, 9.17) is 4.74 Å². The molecule has 0 bridgehead atoms. The van der Waals surface area contributed by atoms with Crippen LogP contribution >= 0.6 is 34.9 Å². The highest BCUT2D eigenvalue weighted by Gasteiger charge is 2.27. The number of anilines is 1. The van der Waals surface area contributed by atoms with Crippen molar-refractivity contribution in [1.82, 2.24) is 9.97 Å². The van der Waals surface area contributed by atoms with Gasteiger partial charge in [0.25, 0.3) is 5.56 Å². The summed E-state index contributed by atoms with van der Waals surface area (Å²) in [5.41, 5.74) is 2.90. The number of ether oxygens (including phenoxy) is 1. The first-order chi connectivity index (χ1) is 13.6. The summed E-state index contributed by atoms with van der Waals surface area (Å²) in [6.45, 7) is 0. The zero-order valence-electron chi connectivity index (χ0n) is 15.3. The number of aromatic amines is 1. The molecule has 2 aromatic rings. The number of carbonyl (C=O) groups excluding carboxylic acids is 2. The van der Waals surface area contributed by atoms with E-state index < -0.39 is 5.97 Å². The van der Waals surface area contributed by atoms with Crippen LogP contribution < -0.4 is 10.9 Å². The van der Waals surface area contributed by atoms with Gasteiger partial charge < -0.3 is 15.0 Å². The van der Waals surface area contributed by atoms with Crippen LogP contribution in [-0.4, -0.2) is 34.7 Å². The van der Waals surface area contributed by atoms with Gasteiger partial charge in [-0.1, -0.05) is 11.8 Å². The van der Waals surface area contributed by atoms with Crippen molar-refractivity contribution in [3.63, 3.8) is 0 Å². The largest absolute Gasteiger partial charge is 0.465 e. The van der Waals surface area contributed by atoms with Gasteiger partial charge in [0.2, 0.25) is 5.91 Å². The fourth-order valence-corrected chi connectivity index (χ4v) is 6.39. The third kappa shape index (κ3) is 3.85. The van der Waals surface area contributed by atoms with E-state index >= 15 is 0 Å². The second-order valence-electron chi connectivity index (χ2n) is 6.53. The van der Waals surface area contributed by atoms with Gasteiger partial charge in [0.15, 0.2) is 5.16 Å². The molecule has 28 heavy (non-hydrogen) atoms. The lowest BCUT2D eigenvalue weighted by molar-refractivity contribution is -0.113. The van der Waals surface area contributed by atoms with Crippen molar-refractivity contribution in [2.45, 2.75) is 42.3 Å². The summed E-state index contributed by atoms with van der Waals surface area (Å²) in [4.78, 5) is 45.1. The van der Waals surface area contributed by atoms with Crippen LogP contribution in [0, 0.1) is 0 Å². The molecule has 1 aliphatic carbocycles. The van der Waals surface area contributed by atoms with Gasteiger partial charge in [-0.15, -0.1) is 11.3 Å². The number of rotatable bonds is 5. The van der Waals surface area contributed by atoms with Crippen LogP contribution in [0.15, 0.2) is 9.95 Å². The maximum absolute atomic E-state index is 12.5. The smallest absolute Gasteiger partial charge is 0.341 e. The van der Waals surface area contributed by atoms with Crippen LogP contribution in [0.25, 0.3) is 0 Å². The molecule has 0 atom stereocenters. The second-order valence-corrected chi connectivity index (χ2v) is 9.59. The van der Waals surface area contributed by atoms with E-state index in [-0.39, 0.29) is 17.2 Å². The van der Waals surface area contributed by atoms with Gasteiger partial charge in [-0.2, -0.15) is 11.8 Å². The van der Waals surface area contributed by atoms with Crippen LogP contribution in [0.2, 0.25) is 0 Å². The summed E-state index contributed by atoms with van der Waals surface area (Å²) in [5.74, 6) is 0.846. The Bertz CT molecular complexity index is 999. The predicted octanol–water partition coefficient (Wildman–Crippen LogP) is 2.97. The van der Waals surface area contributed by atoms with Gasteiger partial charge in [0.1, 0.15) is 5.00 Å². The van der Waals surface area contributed by atoms with E-state index in [2.05, 4.69) is 15.3 Å².